The van der Waals surface area contributed by atoms with Gasteiger partial charge in [-0.15, -0.1) is 0 Å². The molecule has 2 heterocycles. The van der Waals surface area contributed by atoms with E-state index in [1.165, 1.54) is 17.3 Å². The molecule has 1 atom stereocenters. The minimum atomic E-state index is -0.158. The van der Waals surface area contributed by atoms with Gasteiger partial charge in [0.05, 0.1) is 22.5 Å². The molecule has 124 valence electrons. The number of hydrogen-bond donors (Lipinski definition) is 2. The lowest BCUT2D eigenvalue weighted by Gasteiger charge is -2.13. The van der Waals surface area contributed by atoms with Gasteiger partial charge in [-0.1, -0.05) is 49.0 Å². The van der Waals surface area contributed by atoms with Crippen molar-refractivity contribution in [3.63, 3.8) is 0 Å². The number of imidazole rings is 1. The SMILES string of the molecule is CCC(Sc1nc2ccncc2[nH]1)C(=O)NCCc1ccccc1. The summed E-state index contributed by atoms with van der Waals surface area (Å²) in [6.45, 7) is 2.66. The summed E-state index contributed by atoms with van der Waals surface area (Å²) in [5.74, 6) is 0.0528. The van der Waals surface area contributed by atoms with E-state index in [0.29, 0.717) is 6.54 Å². The van der Waals surface area contributed by atoms with Crippen LogP contribution in [-0.4, -0.2) is 32.7 Å². The number of pyridine rings is 1. The number of nitrogens with zero attached hydrogens (tertiary/aromatic N) is 2. The van der Waals surface area contributed by atoms with Gasteiger partial charge in [-0.2, -0.15) is 0 Å². The van der Waals surface area contributed by atoms with Crippen molar-refractivity contribution in [2.75, 3.05) is 6.54 Å². The summed E-state index contributed by atoms with van der Waals surface area (Å²) in [5, 5.41) is 3.62. The Morgan fingerprint density at radius 2 is 2.12 bits per heavy atom. The molecule has 6 heteroatoms. The highest BCUT2D eigenvalue weighted by Crippen LogP contribution is 2.25. The molecule has 24 heavy (non-hydrogen) atoms. The molecule has 3 aromatic rings. The van der Waals surface area contributed by atoms with Crippen molar-refractivity contribution in [1.82, 2.24) is 20.3 Å². The van der Waals surface area contributed by atoms with Gasteiger partial charge in [0.2, 0.25) is 5.91 Å². The molecular formula is C18H20N4OS. The van der Waals surface area contributed by atoms with Gasteiger partial charge in [-0.3, -0.25) is 9.78 Å². The Bertz CT molecular complexity index is 770. The fraction of sp³-hybridized carbons (Fsp3) is 0.278. The predicted molar refractivity (Wildman–Crippen MR) is 97.0 cm³/mol. The first-order valence-electron chi connectivity index (χ1n) is 8.04. The van der Waals surface area contributed by atoms with Crippen molar-refractivity contribution in [2.24, 2.45) is 0 Å². The highest BCUT2D eigenvalue weighted by atomic mass is 32.2. The first kappa shape index (κ1) is 16.5. The molecule has 2 N–H and O–H groups in total. The van der Waals surface area contributed by atoms with Gasteiger partial charge in [0, 0.05) is 12.7 Å². The topological polar surface area (TPSA) is 70.7 Å². The summed E-state index contributed by atoms with van der Waals surface area (Å²) < 4.78 is 0. The van der Waals surface area contributed by atoms with Crippen LogP contribution in [0.15, 0.2) is 53.9 Å². The molecule has 2 aromatic heterocycles. The quantitative estimate of drug-likeness (QED) is 0.648. The Morgan fingerprint density at radius 3 is 2.88 bits per heavy atom. The largest absolute Gasteiger partial charge is 0.355 e. The van der Waals surface area contributed by atoms with Crippen molar-refractivity contribution in [3.05, 3.63) is 54.4 Å². The Kier molecular flexibility index (Phi) is 5.48. The molecular weight excluding hydrogens is 320 g/mol. The number of H-pyrrole nitrogens is 1. The molecule has 0 saturated heterocycles. The average Bonchev–Trinajstić information content (AvgIpc) is 3.03. The number of aromatic nitrogens is 3. The van der Waals surface area contributed by atoms with E-state index in [0.717, 1.165) is 29.0 Å². The summed E-state index contributed by atoms with van der Waals surface area (Å²) in [6.07, 6.45) is 5.04. The molecule has 0 saturated carbocycles. The standard InChI is InChI=1S/C18H20N4OS/c1-2-16(17(23)20-11-8-13-6-4-3-5-7-13)24-18-21-14-9-10-19-12-15(14)22-18/h3-7,9-10,12,16H,2,8,11H2,1H3,(H,20,23)(H,21,22). The normalized spacial score (nSPS) is 12.2. The zero-order chi connectivity index (χ0) is 16.8. The molecule has 1 amide bonds. The highest BCUT2D eigenvalue weighted by Gasteiger charge is 2.19. The van der Waals surface area contributed by atoms with Crippen molar-refractivity contribution < 1.29 is 4.79 Å². The van der Waals surface area contributed by atoms with Gasteiger partial charge in [0.1, 0.15) is 0 Å². The van der Waals surface area contributed by atoms with E-state index in [9.17, 15) is 4.79 Å². The number of thioether (sulfide) groups is 1. The Hall–Kier alpha value is -2.34. The van der Waals surface area contributed by atoms with Gasteiger partial charge >= 0.3 is 0 Å². The molecule has 1 unspecified atom stereocenters. The fourth-order valence-corrected chi connectivity index (χ4v) is 3.38. The number of hydrogen-bond acceptors (Lipinski definition) is 4. The third kappa shape index (κ3) is 4.14. The molecule has 0 fully saturated rings. The molecule has 3 rings (SSSR count). The van der Waals surface area contributed by atoms with E-state index < -0.39 is 0 Å². The van der Waals surface area contributed by atoms with E-state index in [1.54, 1.807) is 12.4 Å². The second-order valence-corrected chi connectivity index (χ2v) is 6.67. The lowest BCUT2D eigenvalue weighted by atomic mass is 10.1. The maximum absolute atomic E-state index is 12.4. The minimum absolute atomic E-state index is 0.0528. The first-order chi connectivity index (χ1) is 11.8. The second-order valence-electron chi connectivity index (χ2n) is 5.48. The van der Waals surface area contributed by atoms with Crippen LogP contribution >= 0.6 is 11.8 Å². The summed E-state index contributed by atoms with van der Waals surface area (Å²) in [4.78, 5) is 24.2. The van der Waals surface area contributed by atoms with Crippen LogP contribution < -0.4 is 5.32 Å². The summed E-state index contributed by atoms with van der Waals surface area (Å²) >= 11 is 1.46. The molecule has 1 aromatic carbocycles. The number of aromatic amines is 1. The number of carbonyl (C=O) groups is 1. The Morgan fingerprint density at radius 1 is 1.29 bits per heavy atom. The van der Waals surface area contributed by atoms with Crippen LogP contribution in [0.1, 0.15) is 18.9 Å². The van der Waals surface area contributed by atoms with Gasteiger partial charge in [-0.05, 0) is 24.5 Å². The third-order valence-corrected chi connectivity index (χ3v) is 4.98. The van der Waals surface area contributed by atoms with Gasteiger partial charge in [0.15, 0.2) is 5.16 Å². The van der Waals surface area contributed by atoms with E-state index >= 15 is 0 Å². The second kappa shape index (κ2) is 7.97. The smallest absolute Gasteiger partial charge is 0.233 e. The molecule has 0 spiro atoms. The maximum Gasteiger partial charge on any atom is 0.233 e. The van der Waals surface area contributed by atoms with Crippen LogP contribution in [0, 0.1) is 0 Å². The van der Waals surface area contributed by atoms with Gasteiger partial charge in [-0.25, -0.2) is 4.98 Å². The van der Waals surface area contributed by atoms with Crippen LogP contribution in [0.25, 0.3) is 11.0 Å². The molecule has 5 nitrogen and oxygen atoms in total. The molecule has 0 radical (unpaired) electrons. The number of carbonyl (C=O) groups excluding carboxylic acids is 1. The van der Waals surface area contributed by atoms with E-state index in [4.69, 9.17) is 0 Å². The number of amides is 1. The molecule has 0 bridgehead atoms. The summed E-state index contributed by atoms with van der Waals surface area (Å²) in [5.41, 5.74) is 2.98. The first-order valence-corrected chi connectivity index (χ1v) is 8.92. The van der Waals surface area contributed by atoms with Crippen molar-refractivity contribution >= 4 is 28.7 Å². The van der Waals surface area contributed by atoms with Crippen molar-refractivity contribution in [3.8, 4) is 0 Å². The zero-order valence-electron chi connectivity index (χ0n) is 13.5. The van der Waals surface area contributed by atoms with Crippen molar-refractivity contribution in [1.29, 1.82) is 0 Å². The number of fused-ring (bicyclic) bond motifs is 1. The zero-order valence-corrected chi connectivity index (χ0v) is 14.3. The monoisotopic (exact) mass is 340 g/mol. The third-order valence-electron chi connectivity index (χ3n) is 3.73. The lowest BCUT2D eigenvalue weighted by Crippen LogP contribution is -2.33. The molecule has 0 aliphatic rings. The lowest BCUT2D eigenvalue weighted by molar-refractivity contribution is -0.120. The van der Waals surface area contributed by atoms with Crippen LogP contribution in [0.3, 0.4) is 0 Å². The van der Waals surface area contributed by atoms with E-state index in [-0.39, 0.29) is 11.2 Å². The fourth-order valence-electron chi connectivity index (χ4n) is 2.43. The maximum atomic E-state index is 12.4. The van der Waals surface area contributed by atoms with Gasteiger partial charge in [0.25, 0.3) is 0 Å². The highest BCUT2D eigenvalue weighted by molar-refractivity contribution is 8.00. The predicted octanol–water partition coefficient (Wildman–Crippen LogP) is 3.19. The van der Waals surface area contributed by atoms with Crippen molar-refractivity contribution in [2.45, 2.75) is 30.2 Å². The van der Waals surface area contributed by atoms with E-state index in [1.807, 2.05) is 31.2 Å². The minimum Gasteiger partial charge on any atom is -0.355 e. The molecule has 0 aliphatic carbocycles. The Balaban J connectivity index is 1.55. The number of nitrogens with one attached hydrogen (secondary N) is 2. The van der Waals surface area contributed by atoms with Gasteiger partial charge < -0.3 is 10.3 Å². The van der Waals surface area contributed by atoms with Crippen LogP contribution in [0.5, 0.6) is 0 Å². The summed E-state index contributed by atoms with van der Waals surface area (Å²) in [6, 6.07) is 12.0. The van der Waals surface area contributed by atoms with Crippen LogP contribution in [0.4, 0.5) is 0 Å². The van der Waals surface area contributed by atoms with E-state index in [2.05, 4.69) is 32.4 Å². The Labute approximate surface area is 145 Å². The van der Waals surface area contributed by atoms with Crippen LogP contribution in [0.2, 0.25) is 0 Å². The average molecular weight is 340 g/mol. The molecule has 0 aliphatic heterocycles. The number of benzene rings is 1. The number of rotatable bonds is 7. The van der Waals surface area contributed by atoms with Crippen LogP contribution in [-0.2, 0) is 11.2 Å². The summed E-state index contributed by atoms with van der Waals surface area (Å²) in [7, 11) is 0.